The molecule has 0 fully saturated rings. The van der Waals surface area contributed by atoms with E-state index in [0.717, 1.165) is 12.8 Å². The van der Waals surface area contributed by atoms with Crippen LogP contribution in [0.15, 0.2) is 42.5 Å². The van der Waals surface area contributed by atoms with Gasteiger partial charge in [-0.2, -0.15) is 0 Å². The molecule has 1 nitrogen and oxygen atoms in total. The lowest BCUT2D eigenvalue weighted by Crippen LogP contribution is -2.10. The zero-order chi connectivity index (χ0) is 12.1. The zero-order valence-electron chi connectivity index (χ0n) is 10.1. The van der Waals surface area contributed by atoms with Gasteiger partial charge in [-0.15, -0.1) is 11.8 Å². The molecule has 2 aromatic rings. The fourth-order valence-corrected chi connectivity index (χ4v) is 2.08. The second kappa shape index (κ2) is 5.52. The van der Waals surface area contributed by atoms with E-state index in [9.17, 15) is 0 Å². The second-order valence-electron chi connectivity index (χ2n) is 4.14. The molecule has 86 valence electrons. The van der Waals surface area contributed by atoms with E-state index in [4.69, 9.17) is 5.73 Å². The minimum atomic E-state index is 0.0712. The highest BCUT2D eigenvalue weighted by Gasteiger charge is 2.08. The molecule has 2 rings (SSSR count). The minimum Gasteiger partial charge on any atom is -0.324 e. The molecule has 0 amide bonds. The van der Waals surface area contributed by atoms with Crippen molar-refractivity contribution in [2.45, 2.75) is 25.8 Å². The molecule has 0 heterocycles. The Balaban J connectivity index is 2.30. The lowest BCUT2D eigenvalue weighted by Gasteiger charge is -2.13. The number of hydrogen-bond donors (Lipinski definition) is 1. The summed E-state index contributed by atoms with van der Waals surface area (Å²) >= 11 is 0. The maximum absolute atomic E-state index is 6.23. The second-order valence-corrected chi connectivity index (χ2v) is 4.14. The van der Waals surface area contributed by atoms with Crippen LogP contribution in [0, 0.1) is 11.8 Å². The van der Waals surface area contributed by atoms with E-state index in [2.05, 4.69) is 54.3 Å². The highest BCUT2D eigenvalue weighted by Crippen LogP contribution is 2.25. The number of benzene rings is 2. The summed E-state index contributed by atoms with van der Waals surface area (Å²) in [5.41, 5.74) is 7.46. The summed E-state index contributed by atoms with van der Waals surface area (Å²) in [6.07, 6.45) is 1.77. The Labute approximate surface area is 103 Å². The molecule has 0 aliphatic heterocycles. The summed E-state index contributed by atoms with van der Waals surface area (Å²) < 4.78 is 0. The molecular weight excluding hydrogens is 206 g/mol. The summed E-state index contributed by atoms with van der Waals surface area (Å²) in [5.74, 6) is 5.97. The van der Waals surface area contributed by atoms with Crippen molar-refractivity contribution >= 4 is 10.8 Å². The maximum atomic E-state index is 6.23. The van der Waals surface area contributed by atoms with Gasteiger partial charge in [0.2, 0.25) is 0 Å². The number of fused-ring (bicyclic) bond motifs is 1. The van der Waals surface area contributed by atoms with Gasteiger partial charge < -0.3 is 5.73 Å². The van der Waals surface area contributed by atoms with Crippen molar-refractivity contribution in [2.75, 3.05) is 0 Å². The maximum Gasteiger partial charge on any atom is 0.0310 e. The van der Waals surface area contributed by atoms with Gasteiger partial charge in [-0.05, 0) is 29.7 Å². The fourth-order valence-electron chi connectivity index (χ4n) is 2.08. The van der Waals surface area contributed by atoms with Gasteiger partial charge >= 0.3 is 0 Å². The van der Waals surface area contributed by atoms with Gasteiger partial charge in [0.15, 0.2) is 0 Å². The average Bonchev–Trinajstić information content (AvgIpc) is 2.38. The Kier molecular flexibility index (Phi) is 3.80. The van der Waals surface area contributed by atoms with Crippen LogP contribution in [0.3, 0.4) is 0 Å². The van der Waals surface area contributed by atoms with Crippen molar-refractivity contribution in [3.63, 3.8) is 0 Å². The molecule has 0 aliphatic carbocycles. The van der Waals surface area contributed by atoms with E-state index in [1.807, 2.05) is 6.92 Å². The van der Waals surface area contributed by atoms with Crippen LogP contribution in [0.2, 0.25) is 0 Å². The minimum absolute atomic E-state index is 0.0712. The van der Waals surface area contributed by atoms with E-state index in [-0.39, 0.29) is 6.04 Å². The Morgan fingerprint density at radius 2 is 1.88 bits per heavy atom. The average molecular weight is 223 g/mol. The molecular formula is C16H17N. The SMILES string of the molecule is CC#CCCC(N)c1cccc2ccccc12. The lowest BCUT2D eigenvalue weighted by molar-refractivity contribution is 0.672. The molecule has 0 spiro atoms. The highest BCUT2D eigenvalue weighted by atomic mass is 14.6. The van der Waals surface area contributed by atoms with Gasteiger partial charge in [0, 0.05) is 12.5 Å². The monoisotopic (exact) mass is 223 g/mol. The van der Waals surface area contributed by atoms with Crippen molar-refractivity contribution in [1.29, 1.82) is 0 Å². The van der Waals surface area contributed by atoms with Gasteiger partial charge in [-0.25, -0.2) is 0 Å². The van der Waals surface area contributed by atoms with Gasteiger partial charge in [0.1, 0.15) is 0 Å². The van der Waals surface area contributed by atoms with Crippen molar-refractivity contribution in [2.24, 2.45) is 5.73 Å². The standard InChI is InChI=1S/C16H17N/c1-2-3-4-12-16(17)15-11-7-9-13-8-5-6-10-14(13)15/h5-11,16H,4,12,17H2,1H3. The highest BCUT2D eigenvalue weighted by molar-refractivity contribution is 5.86. The van der Waals surface area contributed by atoms with E-state index < -0.39 is 0 Å². The Morgan fingerprint density at radius 3 is 2.71 bits per heavy atom. The molecule has 1 unspecified atom stereocenters. The number of nitrogens with two attached hydrogens (primary N) is 1. The molecule has 17 heavy (non-hydrogen) atoms. The first kappa shape index (κ1) is 11.7. The zero-order valence-corrected chi connectivity index (χ0v) is 10.1. The van der Waals surface area contributed by atoms with E-state index in [1.54, 1.807) is 0 Å². The van der Waals surface area contributed by atoms with Crippen LogP contribution in [0.4, 0.5) is 0 Å². The predicted molar refractivity (Wildman–Crippen MR) is 73.6 cm³/mol. The van der Waals surface area contributed by atoms with Crippen LogP contribution >= 0.6 is 0 Å². The molecule has 0 aromatic heterocycles. The van der Waals surface area contributed by atoms with Crippen LogP contribution in [0.1, 0.15) is 31.4 Å². The van der Waals surface area contributed by atoms with Crippen LogP contribution in [0.5, 0.6) is 0 Å². The third-order valence-corrected chi connectivity index (χ3v) is 2.98. The normalized spacial score (nSPS) is 11.9. The summed E-state index contributed by atoms with van der Waals surface area (Å²) in [6.45, 7) is 1.86. The number of hydrogen-bond acceptors (Lipinski definition) is 1. The first-order valence-corrected chi connectivity index (χ1v) is 5.96. The van der Waals surface area contributed by atoms with Crippen LogP contribution < -0.4 is 5.73 Å². The number of rotatable bonds is 3. The van der Waals surface area contributed by atoms with Crippen molar-refractivity contribution in [1.82, 2.24) is 0 Å². The van der Waals surface area contributed by atoms with E-state index in [1.165, 1.54) is 16.3 Å². The fraction of sp³-hybridized carbons (Fsp3) is 0.250. The molecule has 1 heteroatoms. The Hall–Kier alpha value is -1.78. The Morgan fingerprint density at radius 1 is 1.12 bits per heavy atom. The van der Waals surface area contributed by atoms with Gasteiger partial charge in [0.05, 0.1) is 0 Å². The van der Waals surface area contributed by atoms with E-state index >= 15 is 0 Å². The van der Waals surface area contributed by atoms with Gasteiger partial charge in [0.25, 0.3) is 0 Å². The first-order chi connectivity index (χ1) is 8.33. The molecule has 0 saturated heterocycles. The van der Waals surface area contributed by atoms with Crippen molar-refractivity contribution in [3.05, 3.63) is 48.0 Å². The third-order valence-electron chi connectivity index (χ3n) is 2.98. The first-order valence-electron chi connectivity index (χ1n) is 5.96. The molecule has 0 saturated carbocycles. The molecule has 0 aliphatic rings. The summed E-state index contributed by atoms with van der Waals surface area (Å²) in [6, 6.07) is 14.8. The summed E-state index contributed by atoms with van der Waals surface area (Å²) in [5, 5.41) is 2.51. The third kappa shape index (κ3) is 2.67. The smallest absolute Gasteiger partial charge is 0.0310 e. The van der Waals surface area contributed by atoms with Crippen molar-refractivity contribution in [3.8, 4) is 11.8 Å². The van der Waals surface area contributed by atoms with Crippen LogP contribution in [0.25, 0.3) is 10.8 Å². The molecule has 0 bridgehead atoms. The van der Waals surface area contributed by atoms with Crippen LogP contribution in [-0.4, -0.2) is 0 Å². The molecule has 2 aromatic carbocycles. The largest absolute Gasteiger partial charge is 0.324 e. The topological polar surface area (TPSA) is 26.0 Å². The lowest BCUT2D eigenvalue weighted by atomic mass is 9.96. The molecule has 0 radical (unpaired) electrons. The van der Waals surface area contributed by atoms with Crippen molar-refractivity contribution < 1.29 is 0 Å². The van der Waals surface area contributed by atoms with E-state index in [0.29, 0.717) is 0 Å². The van der Waals surface area contributed by atoms with Gasteiger partial charge in [-0.3, -0.25) is 0 Å². The summed E-state index contributed by atoms with van der Waals surface area (Å²) in [4.78, 5) is 0. The van der Waals surface area contributed by atoms with Crippen LogP contribution in [-0.2, 0) is 0 Å². The predicted octanol–water partition coefficient (Wildman–Crippen LogP) is 3.64. The van der Waals surface area contributed by atoms with Gasteiger partial charge in [-0.1, -0.05) is 42.5 Å². The Bertz CT molecular complexity index is 555. The summed E-state index contributed by atoms with van der Waals surface area (Å²) in [7, 11) is 0. The molecule has 2 N–H and O–H groups in total. The quantitative estimate of drug-likeness (QED) is 0.790. The molecule has 1 atom stereocenters.